The summed E-state index contributed by atoms with van der Waals surface area (Å²) in [4.78, 5) is 47.2. The quantitative estimate of drug-likeness (QED) is 0.335. The predicted octanol–water partition coefficient (Wildman–Crippen LogP) is 3.12. The minimum absolute atomic E-state index is 0.0399. The third kappa shape index (κ3) is 4.31. The summed E-state index contributed by atoms with van der Waals surface area (Å²) in [5.41, 5.74) is 2.04. The van der Waals surface area contributed by atoms with Gasteiger partial charge in [0.05, 0.1) is 24.8 Å². The van der Waals surface area contributed by atoms with Crippen molar-refractivity contribution >= 4 is 35.2 Å². The SMILES string of the molecule is COC(=O)C(Cc1ccccc1)Nc1nc(Cl)ncc1CN1C(=O)c2ccccc2C1=O. The van der Waals surface area contributed by atoms with Crippen molar-refractivity contribution in [2.24, 2.45) is 0 Å². The van der Waals surface area contributed by atoms with Gasteiger partial charge in [-0.2, -0.15) is 0 Å². The first-order valence-corrected chi connectivity index (χ1v) is 10.2. The first-order valence-electron chi connectivity index (χ1n) is 9.83. The van der Waals surface area contributed by atoms with Crippen LogP contribution in [0.5, 0.6) is 0 Å². The number of carbonyl (C=O) groups is 3. The van der Waals surface area contributed by atoms with E-state index < -0.39 is 23.8 Å². The van der Waals surface area contributed by atoms with E-state index in [-0.39, 0.29) is 17.6 Å². The van der Waals surface area contributed by atoms with Crippen molar-refractivity contribution in [1.29, 1.82) is 0 Å². The van der Waals surface area contributed by atoms with Gasteiger partial charge in [0.15, 0.2) is 0 Å². The number of nitrogens with zero attached hydrogens (tertiary/aromatic N) is 3. The number of hydrogen-bond donors (Lipinski definition) is 1. The minimum atomic E-state index is -0.769. The van der Waals surface area contributed by atoms with Crippen LogP contribution >= 0.6 is 11.6 Å². The van der Waals surface area contributed by atoms with Crippen molar-refractivity contribution in [2.45, 2.75) is 19.0 Å². The second-order valence-corrected chi connectivity index (χ2v) is 7.50. The van der Waals surface area contributed by atoms with E-state index in [0.717, 1.165) is 10.5 Å². The van der Waals surface area contributed by atoms with Gasteiger partial charge in [0.2, 0.25) is 5.28 Å². The Labute approximate surface area is 189 Å². The maximum absolute atomic E-state index is 12.8. The molecule has 1 aromatic heterocycles. The fourth-order valence-corrected chi connectivity index (χ4v) is 3.66. The highest BCUT2D eigenvalue weighted by molar-refractivity contribution is 6.28. The number of ether oxygens (including phenoxy) is 1. The number of anilines is 1. The second kappa shape index (κ2) is 9.15. The van der Waals surface area contributed by atoms with Crippen LogP contribution in [0.4, 0.5) is 5.82 Å². The van der Waals surface area contributed by atoms with Crippen LogP contribution in [0.1, 0.15) is 31.8 Å². The van der Waals surface area contributed by atoms with Crippen LogP contribution in [0.25, 0.3) is 0 Å². The lowest BCUT2D eigenvalue weighted by molar-refractivity contribution is -0.141. The lowest BCUT2D eigenvalue weighted by Gasteiger charge is -2.21. The molecular formula is C23H19ClN4O4. The predicted molar refractivity (Wildman–Crippen MR) is 117 cm³/mol. The average molecular weight is 451 g/mol. The third-order valence-corrected chi connectivity index (χ3v) is 5.30. The number of aromatic nitrogens is 2. The van der Waals surface area contributed by atoms with Crippen molar-refractivity contribution in [2.75, 3.05) is 12.4 Å². The van der Waals surface area contributed by atoms with Crippen LogP contribution in [0.3, 0.4) is 0 Å². The molecular weight excluding hydrogens is 432 g/mol. The van der Waals surface area contributed by atoms with Gasteiger partial charge in [-0.15, -0.1) is 0 Å². The molecule has 9 heteroatoms. The van der Waals surface area contributed by atoms with Crippen LogP contribution < -0.4 is 5.32 Å². The molecule has 162 valence electrons. The molecule has 1 unspecified atom stereocenters. The third-order valence-electron chi connectivity index (χ3n) is 5.12. The van der Waals surface area contributed by atoms with Crippen molar-refractivity contribution in [3.8, 4) is 0 Å². The molecule has 1 N–H and O–H groups in total. The van der Waals surface area contributed by atoms with Crippen molar-refractivity contribution in [3.63, 3.8) is 0 Å². The lowest BCUT2D eigenvalue weighted by Crippen LogP contribution is -2.35. The van der Waals surface area contributed by atoms with Gasteiger partial charge in [0, 0.05) is 18.2 Å². The van der Waals surface area contributed by atoms with Gasteiger partial charge in [-0.1, -0.05) is 42.5 Å². The number of carbonyl (C=O) groups excluding carboxylic acids is 3. The van der Waals surface area contributed by atoms with Gasteiger partial charge in [0.25, 0.3) is 11.8 Å². The van der Waals surface area contributed by atoms with Crippen molar-refractivity contribution in [3.05, 3.63) is 88.3 Å². The first-order chi connectivity index (χ1) is 15.5. The Morgan fingerprint density at radius 1 is 1.06 bits per heavy atom. The Kier molecular flexibility index (Phi) is 6.13. The fourth-order valence-electron chi connectivity index (χ4n) is 3.53. The normalized spacial score (nSPS) is 13.6. The van der Waals surface area contributed by atoms with Gasteiger partial charge in [-0.3, -0.25) is 14.5 Å². The number of methoxy groups -OCH3 is 1. The molecule has 1 atom stereocenters. The second-order valence-electron chi connectivity index (χ2n) is 7.16. The molecule has 32 heavy (non-hydrogen) atoms. The van der Waals surface area contributed by atoms with E-state index >= 15 is 0 Å². The standard InChI is InChI=1S/C23H19ClN4O4/c1-32-22(31)18(11-14-7-3-2-4-8-14)26-19-15(12-25-23(24)27-19)13-28-20(29)16-9-5-6-10-17(16)21(28)30/h2-10,12,18H,11,13H2,1H3,(H,25,26,27). The molecule has 0 fully saturated rings. The summed E-state index contributed by atoms with van der Waals surface area (Å²) in [5, 5.41) is 3.01. The van der Waals surface area contributed by atoms with Gasteiger partial charge in [-0.25, -0.2) is 14.8 Å². The number of hydrogen-bond acceptors (Lipinski definition) is 7. The molecule has 0 saturated heterocycles. The topological polar surface area (TPSA) is 101 Å². The molecule has 0 aliphatic carbocycles. The van der Waals surface area contributed by atoms with Gasteiger partial charge in [-0.05, 0) is 29.3 Å². The van der Waals surface area contributed by atoms with Crippen LogP contribution in [-0.4, -0.2) is 45.8 Å². The van der Waals surface area contributed by atoms with Crippen molar-refractivity contribution < 1.29 is 19.1 Å². The molecule has 8 nitrogen and oxygen atoms in total. The largest absolute Gasteiger partial charge is 0.467 e. The Morgan fingerprint density at radius 2 is 1.69 bits per heavy atom. The van der Waals surface area contributed by atoms with E-state index in [2.05, 4.69) is 15.3 Å². The average Bonchev–Trinajstić information content (AvgIpc) is 3.05. The molecule has 0 bridgehead atoms. The number of benzene rings is 2. The zero-order valence-corrected chi connectivity index (χ0v) is 17.9. The summed E-state index contributed by atoms with van der Waals surface area (Å²) in [6, 6.07) is 15.3. The summed E-state index contributed by atoms with van der Waals surface area (Å²) < 4.78 is 4.94. The molecule has 2 heterocycles. The summed E-state index contributed by atoms with van der Waals surface area (Å²) in [7, 11) is 1.30. The van der Waals surface area contributed by atoms with Gasteiger partial charge >= 0.3 is 5.97 Å². The van der Waals surface area contributed by atoms with E-state index in [1.165, 1.54) is 13.3 Å². The number of rotatable bonds is 7. The summed E-state index contributed by atoms with van der Waals surface area (Å²) in [6.45, 7) is -0.0783. The van der Waals surface area contributed by atoms with Crippen LogP contribution in [-0.2, 0) is 22.5 Å². The van der Waals surface area contributed by atoms with E-state index in [4.69, 9.17) is 16.3 Å². The summed E-state index contributed by atoms with van der Waals surface area (Å²) in [5.74, 6) is -1.05. The lowest BCUT2D eigenvalue weighted by atomic mass is 10.1. The zero-order chi connectivity index (χ0) is 22.7. The molecule has 2 amide bonds. The minimum Gasteiger partial charge on any atom is -0.467 e. The zero-order valence-electron chi connectivity index (χ0n) is 17.1. The number of esters is 1. The Balaban J connectivity index is 1.61. The highest BCUT2D eigenvalue weighted by Gasteiger charge is 2.36. The van der Waals surface area contributed by atoms with E-state index in [0.29, 0.717) is 23.1 Å². The molecule has 0 saturated carbocycles. The Hall–Kier alpha value is -3.78. The molecule has 3 aromatic rings. The number of nitrogens with one attached hydrogen (secondary N) is 1. The number of fused-ring (bicyclic) bond motifs is 1. The molecule has 1 aliphatic rings. The van der Waals surface area contributed by atoms with E-state index in [9.17, 15) is 14.4 Å². The molecule has 2 aromatic carbocycles. The van der Waals surface area contributed by atoms with Gasteiger partial charge < -0.3 is 10.1 Å². The fraction of sp³-hybridized carbons (Fsp3) is 0.174. The monoisotopic (exact) mass is 450 g/mol. The number of amides is 2. The van der Waals surface area contributed by atoms with Gasteiger partial charge in [0.1, 0.15) is 11.9 Å². The maximum atomic E-state index is 12.8. The Bertz CT molecular complexity index is 1150. The summed E-state index contributed by atoms with van der Waals surface area (Å²) >= 11 is 6.00. The molecule has 0 spiro atoms. The van der Waals surface area contributed by atoms with Crippen LogP contribution in [0, 0.1) is 0 Å². The van der Waals surface area contributed by atoms with E-state index in [1.54, 1.807) is 24.3 Å². The number of imide groups is 1. The van der Waals surface area contributed by atoms with Crippen molar-refractivity contribution in [1.82, 2.24) is 14.9 Å². The number of halogens is 1. The van der Waals surface area contributed by atoms with E-state index in [1.807, 2.05) is 30.3 Å². The van der Waals surface area contributed by atoms with Crippen LogP contribution in [0.15, 0.2) is 60.8 Å². The molecule has 1 aliphatic heterocycles. The smallest absolute Gasteiger partial charge is 0.328 e. The highest BCUT2D eigenvalue weighted by atomic mass is 35.5. The van der Waals surface area contributed by atoms with Crippen LogP contribution in [0.2, 0.25) is 5.28 Å². The molecule has 0 radical (unpaired) electrons. The first kappa shape index (κ1) is 21.5. The highest BCUT2D eigenvalue weighted by Crippen LogP contribution is 2.26. The molecule has 4 rings (SSSR count). The summed E-state index contributed by atoms with van der Waals surface area (Å²) in [6.07, 6.45) is 1.76. The Morgan fingerprint density at radius 3 is 2.31 bits per heavy atom. The maximum Gasteiger partial charge on any atom is 0.328 e.